The van der Waals surface area contributed by atoms with Crippen LogP contribution < -0.4 is 4.72 Å². The minimum Gasteiger partial charge on any atom is -0.481 e. The number of rotatable bonds is 7. The fourth-order valence-corrected chi connectivity index (χ4v) is 3.60. The molecule has 7 heteroatoms. The van der Waals surface area contributed by atoms with Gasteiger partial charge in [-0.2, -0.15) is 17.4 Å². The number of hydrogen-bond donors (Lipinski definition) is 2. The van der Waals surface area contributed by atoms with Crippen LogP contribution in [0.1, 0.15) is 45.4 Å². The number of carboxylic acids is 1. The first-order valence-corrected chi connectivity index (χ1v) is 8.22. The molecule has 0 aromatic carbocycles. The summed E-state index contributed by atoms with van der Waals surface area (Å²) < 4.78 is 27.8. The molecule has 0 aromatic heterocycles. The van der Waals surface area contributed by atoms with Crippen LogP contribution in [0.2, 0.25) is 0 Å². The largest absolute Gasteiger partial charge is 0.481 e. The highest BCUT2D eigenvalue weighted by atomic mass is 32.2. The van der Waals surface area contributed by atoms with Crippen LogP contribution >= 0.6 is 0 Å². The van der Waals surface area contributed by atoms with Crippen LogP contribution in [0.5, 0.6) is 0 Å². The maximum atomic E-state index is 12.0. The Morgan fingerprint density at radius 2 is 1.95 bits per heavy atom. The zero-order valence-corrected chi connectivity index (χ0v) is 12.4. The van der Waals surface area contributed by atoms with Gasteiger partial charge >= 0.3 is 5.97 Å². The number of carbonyl (C=O) groups is 1. The SMILES string of the molecule is CC(NS(=O)(=O)N(C)CCC(=O)O)C1CCCCC1. The summed E-state index contributed by atoms with van der Waals surface area (Å²) in [6, 6.07) is -0.0995. The first-order valence-electron chi connectivity index (χ1n) is 6.78. The van der Waals surface area contributed by atoms with E-state index in [1.165, 1.54) is 13.5 Å². The highest BCUT2D eigenvalue weighted by Crippen LogP contribution is 2.26. The fraction of sp³-hybridized carbons (Fsp3) is 0.917. The summed E-state index contributed by atoms with van der Waals surface area (Å²) in [5.74, 6) is -0.612. The van der Waals surface area contributed by atoms with Gasteiger partial charge in [0.15, 0.2) is 0 Å². The maximum Gasteiger partial charge on any atom is 0.304 e. The van der Waals surface area contributed by atoms with E-state index >= 15 is 0 Å². The van der Waals surface area contributed by atoms with E-state index in [2.05, 4.69) is 4.72 Å². The standard InChI is InChI=1S/C12H24N2O4S/c1-10(11-6-4-3-5-7-11)13-19(17,18)14(2)9-8-12(15)16/h10-11,13H,3-9H2,1-2H3,(H,15,16). The van der Waals surface area contributed by atoms with Gasteiger partial charge in [0.05, 0.1) is 6.42 Å². The molecule has 2 N–H and O–H groups in total. The van der Waals surface area contributed by atoms with Crippen LogP contribution in [0, 0.1) is 5.92 Å². The molecule has 0 bridgehead atoms. The Morgan fingerprint density at radius 1 is 1.37 bits per heavy atom. The lowest BCUT2D eigenvalue weighted by Gasteiger charge is -2.29. The summed E-state index contributed by atoms with van der Waals surface area (Å²) in [7, 11) is -2.18. The van der Waals surface area contributed by atoms with E-state index in [1.807, 2.05) is 6.92 Å². The second-order valence-corrected chi connectivity index (χ2v) is 7.08. The Kier molecular flexibility index (Phi) is 6.22. The lowest BCUT2D eigenvalue weighted by molar-refractivity contribution is -0.137. The van der Waals surface area contributed by atoms with Gasteiger partial charge in [-0.05, 0) is 25.7 Å². The predicted molar refractivity (Wildman–Crippen MR) is 73.0 cm³/mol. The summed E-state index contributed by atoms with van der Waals surface area (Å²) in [4.78, 5) is 10.5. The molecule has 0 radical (unpaired) electrons. The van der Waals surface area contributed by atoms with Gasteiger partial charge in [-0.25, -0.2) is 0 Å². The Bertz CT molecular complexity index is 391. The number of nitrogens with one attached hydrogen (secondary N) is 1. The molecule has 0 heterocycles. The van der Waals surface area contributed by atoms with Gasteiger partial charge in [0.25, 0.3) is 10.2 Å². The average Bonchev–Trinajstić information content (AvgIpc) is 2.36. The lowest BCUT2D eigenvalue weighted by Crippen LogP contribution is -2.46. The van der Waals surface area contributed by atoms with Gasteiger partial charge in [-0.15, -0.1) is 0 Å². The number of carboxylic acid groups (broad SMARTS) is 1. The van der Waals surface area contributed by atoms with Gasteiger partial charge in [0, 0.05) is 19.6 Å². The Morgan fingerprint density at radius 3 is 2.47 bits per heavy atom. The van der Waals surface area contributed by atoms with Gasteiger partial charge < -0.3 is 5.11 Å². The highest BCUT2D eigenvalue weighted by molar-refractivity contribution is 7.87. The third-order valence-corrected chi connectivity index (χ3v) is 5.42. The van der Waals surface area contributed by atoms with E-state index in [0.717, 1.165) is 30.0 Å². The van der Waals surface area contributed by atoms with Crippen molar-refractivity contribution in [2.24, 2.45) is 5.92 Å². The van der Waals surface area contributed by atoms with Crippen LogP contribution in [0.25, 0.3) is 0 Å². The van der Waals surface area contributed by atoms with Crippen molar-refractivity contribution in [3.63, 3.8) is 0 Å². The number of hydrogen-bond acceptors (Lipinski definition) is 3. The third-order valence-electron chi connectivity index (χ3n) is 3.74. The van der Waals surface area contributed by atoms with Crippen LogP contribution in [-0.2, 0) is 15.0 Å². The predicted octanol–water partition coefficient (Wildman–Crippen LogP) is 1.20. The van der Waals surface area contributed by atoms with E-state index in [1.54, 1.807) is 0 Å². The highest BCUT2D eigenvalue weighted by Gasteiger charge is 2.26. The van der Waals surface area contributed by atoms with Crippen LogP contribution in [0.15, 0.2) is 0 Å². The molecular weight excluding hydrogens is 268 g/mol. The molecule has 0 aromatic rings. The fourth-order valence-electron chi connectivity index (χ4n) is 2.43. The minimum atomic E-state index is -3.58. The lowest BCUT2D eigenvalue weighted by atomic mass is 9.85. The first kappa shape index (κ1) is 16.4. The Labute approximate surface area is 115 Å². The molecule has 0 amide bonds. The summed E-state index contributed by atoms with van der Waals surface area (Å²) in [6.07, 6.45) is 5.48. The van der Waals surface area contributed by atoms with E-state index in [4.69, 9.17) is 5.11 Å². The molecule has 0 spiro atoms. The van der Waals surface area contributed by atoms with Crippen molar-refractivity contribution in [1.29, 1.82) is 0 Å². The molecule has 112 valence electrons. The molecule has 1 aliphatic rings. The Hall–Kier alpha value is -0.660. The molecule has 19 heavy (non-hydrogen) atoms. The molecule has 1 aliphatic carbocycles. The molecule has 6 nitrogen and oxygen atoms in total. The van der Waals surface area contributed by atoms with E-state index in [-0.39, 0.29) is 19.0 Å². The van der Waals surface area contributed by atoms with E-state index in [0.29, 0.717) is 5.92 Å². The summed E-state index contributed by atoms with van der Waals surface area (Å²) >= 11 is 0. The van der Waals surface area contributed by atoms with Crippen molar-refractivity contribution >= 4 is 16.2 Å². The minimum absolute atomic E-state index is 0.0119. The zero-order chi connectivity index (χ0) is 14.5. The third kappa shape index (κ3) is 5.46. The molecule has 1 rings (SSSR count). The van der Waals surface area contributed by atoms with E-state index in [9.17, 15) is 13.2 Å². The van der Waals surface area contributed by atoms with Gasteiger partial charge in [-0.1, -0.05) is 19.3 Å². The normalized spacial score (nSPS) is 19.5. The monoisotopic (exact) mass is 292 g/mol. The number of nitrogens with zero attached hydrogens (tertiary/aromatic N) is 1. The zero-order valence-electron chi connectivity index (χ0n) is 11.6. The summed E-state index contributed by atoms with van der Waals surface area (Å²) in [5, 5.41) is 8.57. The molecule has 1 atom stereocenters. The number of aliphatic carboxylic acids is 1. The van der Waals surface area contributed by atoms with Crippen molar-refractivity contribution in [3.8, 4) is 0 Å². The van der Waals surface area contributed by atoms with Gasteiger partial charge in [-0.3, -0.25) is 4.79 Å². The van der Waals surface area contributed by atoms with Crippen LogP contribution in [0.4, 0.5) is 0 Å². The second kappa shape index (κ2) is 7.21. The average molecular weight is 292 g/mol. The van der Waals surface area contributed by atoms with Crippen molar-refractivity contribution in [1.82, 2.24) is 9.03 Å². The smallest absolute Gasteiger partial charge is 0.304 e. The molecule has 1 saturated carbocycles. The van der Waals surface area contributed by atoms with Crippen LogP contribution in [-0.4, -0.2) is 43.4 Å². The van der Waals surface area contributed by atoms with E-state index < -0.39 is 16.2 Å². The van der Waals surface area contributed by atoms with Gasteiger partial charge in [0.1, 0.15) is 0 Å². The summed E-state index contributed by atoms with van der Waals surface area (Å²) in [5.41, 5.74) is 0. The summed E-state index contributed by atoms with van der Waals surface area (Å²) in [6.45, 7) is 1.88. The van der Waals surface area contributed by atoms with Crippen molar-refractivity contribution in [3.05, 3.63) is 0 Å². The molecule has 0 saturated heterocycles. The van der Waals surface area contributed by atoms with Crippen molar-refractivity contribution < 1.29 is 18.3 Å². The molecule has 0 aliphatic heterocycles. The molecule has 1 fully saturated rings. The maximum absolute atomic E-state index is 12.0. The molecule has 1 unspecified atom stereocenters. The van der Waals surface area contributed by atoms with Crippen LogP contribution in [0.3, 0.4) is 0 Å². The molecular formula is C12H24N2O4S. The topological polar surface area (TPSA) is 86.7 Å². The quantitative estimate of drug-likeness (QED) is 0.738. The Balaban J connectivity index is 2.50. The first-order chi connectivity index (χ1) is 8.83. The second-order valence-electron chi connectivity index (χ2n) is 5.27. The van der Waals surface area contributed by atoms with Crippen molar-refractivity contribution in [2.75, 3.05) is 13.6 Å². The van der Waals surface area contributed by atoms with Gasteiger partial charge in [0.2, 0.25) is 0 Å². The van der Waals surface area contributed by atoms with Crippen molar-refractivity contribution in [2.45, 2.75) is 51.5 Å².